The molecule has 0 saturated carbocycles. The van der Waals surface area contributed by atoms with Crippen LogP contribution in [0.1, 0.15) is 12.0 Å². The number of likely N-dealkylation sites (tertiary alicyclic amines) is 1. The third kappa shape index (κ3) is 3.49. The molecule has 1 aliphatic heterocycles. The van der Waals surface area contributed by atoms with Gasteiger partial charge in [0.05, 0.1) is 7.11 Å². The van der Waals surface area contributed by atoms with Crippen LogP contribution in [0.25, 0.3) is 6.08 Å². The number of carbonyl (C=O) groups is 1. The number of nitrogens with two attached hydrogens (primary N) is 1. The summed E-state index contributed by atoms with van der Waals surface area (Å²) in [6.45, 7) is 1.34. The lowest BCUT2D eigenvalue weighted by molar-refractivity contribution is -0.124. The van der Waals surface area contributed by atoms with E-state index in [0.717, 1.165) is 18.5 Å². The first-order valence-corrected chi connectivity index (χ1v) is 6.54. The van der Waals surface area contributed by atoms with E-state index in [1.807, 2.05) is 0 Å². The molecule has 19 heavy (non-hydrogen) atoms. The van der Waals surface area contributed by atoms with Crippen molar-refractivity contribution in [1.29, 1.82) is 0 Å². The van der Waals surface area contributed by atoms with E-state index in [2.05, 4.69) is 0 Å². The number of benzene rings is 1. The van der Waals surface area contributed by atoms with Gasteiger partial charge in [-0.15, -0.1) is 0 Å². The summed E-state index contributed by atoms with van der Waals surface area (Å²) in [5.41, 5.74) is 6.56. The maximum Gasteiger partial charge on any atom is 0.246 e. The van der Waals surface area contributed by atoms with Crippen LogP contribution in [0.5, 0.6) is 5.75 Å². The van der Waals surface area contributed by atoms with E-state index >= 15 is 0 Å². The molecule has 1 aliphatic rings. The molecule has 0 aliphatic carbocycles. The van der Waals surface area contributed by atoms with E-state index in [0.29, 0.717) is 17.3 Å². The fraction of sp³-hybridized carbons (Fsp3) is 0.357. The van der Waals surface area contributed by atoms with Crippen molar-refractivity contribution >= 4 is 23.6 Å². The molecule has 1 heterocycles. The highest BCUT2D eigenvalue weighted by Crippen LogP contribution is 2.24. The summed E-state index contributed by atoms with van der Waals surface area (Å²) in [6, 6.07) is 5.38. The Morgan fingerprint density at radius 3 is 3.00 bits per heavy atom. The van der Waals surface area contributed by atoms with Gasteiger partial charge in [-0.05, 0) is 30.7 Å². The lowest BCUT2D eigenvalue weighted by Gasteiger charge is -2.12. The summed E-state index contributed by atoms with van der Waals surface area (Å²) in [7, 11) is 1.59. The summed E-state index contributed by atoms with van der Waals surface area (Å²) in [4.78, 5) is 13.7. The molecule has 2 N–H and O–H groups in total. The fourth-order valence-corrected chi connectivity index (χ4v) is 2.27. The molecule has 0 spiro atoms. The Hall–Kier alpha value is -1.52. The molecule has 1 unspecified atom stereocenters. The van der Waals surface area contributed by atoms with E-state index in [9.17, 15) is 4.79 Å². The highest BCUT2D eigenvalue weighted by molar-refractivity contribution is 6.30. The molecular formula is C14H17ClN2O2. The van der Waals surface area contributed by atoms with Gasteiger partial charge in [-0.25, -0.2) is 0 Å². The summed E-state index contributed by atoms with van der Waals surface area (Å²) >= 11 is 5.93. The average Bonchev–Trinajstić information content (AvgIpc) is 2.83. The van der Waals surface area contributed by atoms with Crippen LogP contribution in [0.2, 0.25) is 5.02 Å². The summed E-state index contributed by atoms with van der Waals surface area (Å²) in [6.07, 6.45) is 4.11. The Labute approximate surface area is 117 Å². The van der Waals surface area contributed by atoms with Crippen LogP contribution >= 0.6 is 11.6 Å². The highest BCUT2D eigenvalue weighted by atomic mass is 35.5. The topological polar surface area (TPSA) is 55.6 Å². The zero-order valence-electron chi connectivity index (χ0n) is 10.8. The first-order chi connectivity index (χ1) is 9.10. The van der Waals surface area contributed by atoms with Crippen LogP contribution < -0.4 is 10.5 Å². The molecule has 5 heteroatoms. The zero-order valence-corrected chi connectivity index (χ0v) is 11.6. The van der Waals surface area contributed by atoms with Crippen molar-refractivity contribution in [2.24, 2.45) is 5.73 Å². The van der Waals surface area contributed by atoms with Crippen molar-refractivity contribution < 1.29 is 9.53 Å². The van der Waals surface area contributed by atoms with Crippen molar-refractivity contribution in [3.8, 4) is 5.75 Å². The Morgan fingerprint density at radius 1 is 1.58 bits per heavy atom. The second-order valence-corrected chi connectivity index (χ2v) is 4.99. The second kappa shape index (κ2) is 6.08. The van der Waals surface area contributed by atoms with Gasteiger partial charge in [0.2, 0.25) is 5.91 Å². The van der Waals surface area contributed by atoms with Crippen molar-refractivity contribution in [2.45, 2.75) is 12.5 Å². The van der Waals surface area contributed by atoms with Gasteiger partial charge in [0.25, 0.3) is 0 Å². The van der Waals surface area contributed by atoms with Crippen LogP contribution in [0.4, 0.5) is 0 Å². The van der Waals surface area contributed by atoms with E-state index in [-0.39, 0.29) is 11.9 Å². The molecule has 1 saturated heterocycles. The first-order valence-electron chi connectivity index (χ1n) is 6.16. The van der Waals surface area contributed by atoms with Crippen LogP contribution in [0.15, 0.2) is 24.3 Å². The van der Waals surface area contributed by atoms with E-state index in [1.54, 1.807) is 36.3 Å². The Balaban J connectivity index is 2.09. The largest absolute Gasteiger partial charge is 0.496 e. The number of hydrogen-bond donors (Lipinski definition) is 1. The number of carbonyl (C=O) groups excluding carboxylic acids is 1. The van der Waals surface area contributed by atoms with E-state index in [1.165, 1.54) is 6.08 Å². The Bertz CT molecular complexity index is 502. The number of rotatable bonds is 3. The van der Waals surface area contributed by atoms with Crippen molar-refractivity contribution in [3.05, 3.63) is 34.9 Å². The number of halogens is 1. The minimum atomic E-state index is -0.0324. The molecule has 1 aromatic rings. The van der Waals surface area contributed by atoms with Crippen LogP contribution in [-0.4, -0.2) is 37.0 Å². The van der Waals surface area contributed by atoms with Crippen molar-refractivity contribution in [3.63, 3.8) is 0 Å². The highest BCUT2D eigenvalue weighted by Gasteiger charge is 2.21. The number of nitrogens with zero attached hydrogens (tertiary/aromatic N) is 1. The van der Waals surface area contributed by atoms with Crippen molar-refractivity contribution in [2.75, 3.05) is 20.2 Å². The van der Waals surface area contributed by atoms with E-state index in [4.69, 9.17) is 22.1 Å². The van der Waals surface area contributed by atoms with Gasteiger partial charge in [-0.1, -0.05) is 11.6 Å². The molecule has 0 aromatic heterocycles. The third-order valence-corrected chi connectivity index (χ3v) is 3.37. The molecule has 0 bridgehead atoms. The minimum Gasteiger partial charge on any atom is -0.496 e. The van der Waals surface area contributed by atoms with Gasteiger partial charge in [-0.3, -0.25) is 4.79 Å². The molecule has 1 atom stereocenters. The van der Waals surface area contributed by atoms with Crippen molar-refractivity contribution in [1.82, 2.24) is 4.90 Å². The lowest BCUT2D eigenvalue weighted by atomic mass is 10.2. The van der Waals surface area contributed by atoms with Gasteiger partial charge in [0, 0.05) is 35.8 Å². The number of hydrogen-bond acceptors (Lipinski definition) is 3. The second-order valence-electron chi connectivity index (χ2n) is 4.55. The third-order valence-electron chi connectivity index (χ3n) is 3.13. The zero-order chi connectivity index (χ0) is 13.8. The maximum atomic E-state index is 12.0. The molecule has 1 amide bonds. The number of amides is 1. The minimum absolute atomic E-state index is 0.0324. The van der Waals surface area contributed by atoms with E-state index < -0.39 is 0 Å². The standard InChI is InChI=1S/C14H17ClN2O2/c1-19-13-4-3-11(15)8-10(13)2-5-14(18)17-7-6-12(16)9-17/h2-5,8,12H,6-7,9,16H2,1H3. The van der Waals surface area contributed by atoms with Gasteiger partial charge in [-0.2, -0.15) is 0 Å². The molecule has 1 fully saturated rings. The summed E-state index contributed by atoms with van der Waals surface area (Å²) < 4.78 is 5.22. The Kier molecular flexibility index (Phi) is 4.45. The van der Waals surface area contributed by atoms with Gasteiger partial charge < -0.3 is 15.4 Å². The van der Waals surface area contributed by atoms with Gasteiger partial charge in [0.15, 0.2) is 0 Å². The fourth-order valence-electron chi connectivity index (χ4n) is 2.09. The van der Waals surface area contributed by atoms with Gasteiger partial charge in [0.1, 0.15) is 5.75 Å². The smallest absolute Gasteiger partial charge is 0.246 e. The summed E-state index contributed by atoms with van der Waals surface area (Å²) in [5.74, 6) is 0.654. The predicted octanol–water partition coefficient (Wildman–Crippen LogP) is 1.92. The molecular weight excluding hydrogens is 264 g/mol. The molecule has 102 valence electrons. The average molecular weight is 281 g/mol. The van der Waals surface area contributed by atoms with Crippen LogP contribution in [0, 0.1) is 0 Å². The molecule has 0 radical (unpaired) electrons. The molecule has 2 rings (SSSR count). The predicted molar refractivity (Wildman–Crippen MR) is 76.2 cm³/mol. The number of ether oxygens (including phenoxy) is 1. The van der Waals surface area contributed by atoms with Crippen LogP contribution in [-0.2, 0) is 4.79 Å². The summed E-state index contributed by atoms with van der Waals surface area (Å²) in [5, 5.41) is 0.607. The Morgan fingerprint density at radius 2 is 2.37 bits per heavy atom. The molecule has 4 nitrogen and oxygen atoms in total. The van der Waals surface area contributed by atoms with Gasteiger partial charge >= 0.3 is 0 Å². The lowest BCUT2D eigenvalue weighted by Crippen LogP contribution is -2.30. The number of methoxy groups -OCH3 is 1. The van der Waals surface area contributed by atoms with Crippen LogP contribution in [0.3, 0.4) is 0 Å². The molecule has 1 aromatic carbocycles. The monoisotopic (exact) mass is 280 g/mol. The first kappa shape index (κ1) is 13.9. The maximum absolute atomic E-state index is 12.0. The quantitative estimate of drug-likeness (QED) is 0.861. The SMILES string of the molecule is COc1ccc(Cl)cc1C=CC(=O)N1CCC(N)C1. The normalized spacial score (nSPS) is 19.1.